The molecule has 1 saturated heterocycles. The van der Waals surface area contributed by atoms with E-state index in [0.717, 1.165) is 18.9 Å². The molecule has 3 nitrogen and oxygen atoms in total. The van der Waals surface area contributed by atoms with Gasteiger partial charge in [-0.3, -0.25) is 4.79 Å². The molecule has 1 aliphatic heterocycles. The van der Waals surface area contributed by atoms with Crippen LogP contribution in [-0.4, -0.2) is 18.9 Å². The van der Waals surface area contributed by atoms with Crippen molar-refractivity contribution in [2.75, 3.05) is 13.1 Å². The number of carbonyl (C=O) groups excluding carboxylic acids is 1. The van der Waals surface area contributed by atoms with Crippen LogP contribution >= 0.6 is 11.6 Å². The van der Waals surface area contributed by atoms with E-state index in [0.29, 0.717) is 10.6 Å². The monoisotopic (exact) mass is 222 g/mol. The zero-order chi connectivity index (χ0) is 10.7. The van der Waals surface area contributed by atoms with Crippen molar-refractivity contribution in [2.45, 2.75) is 0 Å². The number of hydrogen-bond donors (Lipinski definition) is 2. The molecular formula is C11H11ClN2O. The molecule has 1 fully saturated rings. The molecule has 1 aromatic rings. The van der Waals surface area contributed by atoms with Gasteiger partial charge in [0.2, 0.25) is 0 Å². The van der Waals surface area contributed by atoms with Gasteiger partial charge in [-0.05, 0) is 24.3 Å². The van der Waals surface area contributed by atoms with Crippen molar-refractivity contribution < 1.29 is 4.79 Å². The highest BCUT2D eigenvalue weighted by Gasteiger charge is 2.07. The Morgan fingerprint density at radius 2 is 1.80 bits per heavy atom. The molecule has 1 aromatic carbocycles. The van der Waals surface area contributed by atoms with Gasteiger partial charge in [0.15, 0.2) is 5.78 Å². The predicted molar refractivity (Wildman–Crippen MR) is 59.9 cm³/mol. The van der Waals surface area contributed by atoms with E-state index in [1.807, 2.05) is 0 Å². The first-order valence-electron chi connectivity index (χ1n) is 4.75. The van der Waals surface area contributed by atoms with Gasteiger partial charge in [-0.25, -0.2) is 0 Å². The molecule has 0 bridgehead atoms. The Balaban J connectivity index is 2.14. The van der Waals surface area contributed by atoms with Crippen LogP contribution in [0.15, 0.2) is 36.2 Å². The number of allylic oxidation sites excluding steroid dienone is 1. The Bertz CT molecular complexity index is 390. The topological polar surface area (TPSA) is 41.1 Å². The van der Waals surface area contributed by atoms with E-state index in [9.17, 15) is 4.79 Å². The summed E-state index contributed by atoms with van der Waals surface area (Å²) < 4.78 is 0. The molecule has 1 heterocycles. The molecule has 2 N–H and O–H groups in total. The minimum atomic E-state index is -0.0245. The van der Waals surface area contributed by atoms with Crippen molar-refractivity contribution in [3.8, 4) is 0 Å². The molecule has 2 rings (SSSR count). The van der Waals surface area contributed by atoms with Crippen molar-refractivity contribution in [1.82, 2.24) is 10.6 Å². The molecule has 15 heavy (non-hydrogen) atoms. The zero-order valence-electron chi connectivity index (χ0n) is 8.09. The quantitative estimate of drug-likeness (QED) is 0.590. The largest absolute Gasteiger partial charge is 0.370 e. The van der Waals surface area contributed by atoms with E-state index in [2.05, 4.69) is 10.6 Å². The maximum Gasteiger partial charge on any atom is 0.189 e. The van der Waals surface area contributed by atoms with Gasteiger partial charge in [-0.2, -0.15) is 0 Å². The predicted octanol–water partition coefficient (Wildman–Crippen LogP) is 1.56. The summed E-state index contributed by atoms with van der Waals surface area (Å²) in [6.07, 6.45) is 1.57. The van der Waals surface area contributed by atoms with Gasteiger partial charge in [0, 0.05) is 29.8 Å². The molecule has 0 saturated carbocycles. The lowest BCUT2D eigenvalue weighted by atomic mass is 10.1. The smallest absolute Gasteiger partial charge is 0.189 e. The molecule has 1 aliphatic rings. The fourth-order valence-corrected chi connectivity index (χ4v) is 1.51. The Morgan fingerprint density at radius 1 is 1.20 bits per heavy atom. The van der Waals surface area contributed by atoms with Gasteiger partial charge in [0.1, 0.15) is 5.82 Å². The Kier molecular flexibility index (Phi) is 2.92. The van der Waals surface area contributed by atoms with Crippen LogP contribution in [0.1, 0.15) is 10.4 Å². The van der Waals surface area contributed by atoms with Crippen LogP contribution in [-0.2, 0) is 0 Å². The van der Waals surface area contributed by atoms with Crippen molar-refractivity contribution in [3.05, 3.63) is 46.7 Å². The number of hydrogen-bond acceptors (Lipinski definition) is 3. The summed E-state index contributed by atoms with van der Waals surface area (Å²) in [5.74, 6) is 0.763. The summed E-state index contributed by atoms with van der Waals surface area (Å²) >= 11 is 5.74. The van der Waals surface area contributed by atoms with Crippen LogP contribution in [0.25, 0.3) is 0 Å². The van der Waals surface area contributed by atoms with Crippen molar-refractivity contribution in [1.29, 1.82) is 0 Å². The maximum atomic E-state index is 11.7. The lowest BCUT2D eigenvalue weighted by Gasteiger charge is -1.99. The van der Waals surface area contributed by atoms with E-state index in [1.165, 1.54) is 0 Å². The average molecular weight is 223 g/mol. The third-order valence-electron chi connectivity index (χ3n) is 2.16. The van der Waals surface area contributed by atoms with Gasteiger partial charge in [0.05, 0.1) is 0 Å². The molecule has 0 radical (unpaired) electrons. The molecule has 0 amide bonds. The fraction of sp³-hybridized carbons (Fsp3) is 0.182. The Hall–Kier alpha value is -1.48. The highest BCUT2D eigenvalue weighted by Crippen LogP contribution is 2.10. The fourth-order valence-electron chi connectivity index (χ4n) is 1.39. The first-order valence-corrected chi connectivity index (χ1v) is 5.13. The van der Waals surface area contributed by atoms with Gasteiger partial charge in [-0.1, -0.05) is 11.6 Å². The third kappa shape index (κ3) is 2.50. The highest BCUT2D eigenvalue weighted by atomic mass is 35.5. The maximum absolute atomic E-state index is 11.7. The van der Waals surface area contributed by atoms with Gasteiger partial charge >= 0.3 is 0 Å². The van der Waals surface area contributed by atoms with Crippen molar-refractivity contribution in [2.24, 2.45) is 0 Å². The summed E-state index contributed by atoms with van der Waals surface area (Å²) in [4.78, 5) is 11.7. The summed E-state index contributed by atoms with van der Waals surface area (Å²) in [6.45, 7) is 1.72. The van der Waals surface area contributed by atoms with Crippen molar-refractivity contribution >= 4 is 17.4 Å². The number of halogens is 1. The van der Waals surface area contributed by atoms with Crippen LogP contribution in [0.3, 0.4) is 0 Å². The summed E-state index contributed by atoms with van der Waals surface area (Å²) in [5, 5.41) is 6.78. The van der Waals surface area contributed by atoms with Crippen LogP contribution in [0.4, 0.5) is 0 Å². The standard InChI is InChI=1S/C11H11ClN2O/c12-9-3-1-8(2-4-9)10(15)7-11-13-5-6-14-11/h1-4,7,13-14H,5-6H2. The van der Waals surface area contributed by atoms with E-state index >= 15 is 0 Å². The summed E-state index contributed by atoms with van der Waals surface area (Å²) in [6, 6.07) is 6.86. The molecule has 0 spiro atoms. The molecule has 0 atom stereocenters. The Morgan fingerprint density at radius 3 is 2.40 bits per heavy atom. The van der Waals surface area contributed by atoms with Crippen LogP contribution in [0.2, 0.25) is 5.02 Å². The van der Waals surface area contributed by atoms with Crippen LogP contribution in [0.5, 0.6) is 0 Å². The number of rotatable bonds is 2. The van der Waals surface area contributed by atoms with Crippen LogP contribution < -0.4 is 10.6 Å². The summed E-state index contributed by atoms with van der Waals surface area (Å²) in [5.41, 5.74) is 0.641. The van der Waals surface area contributed by atoms with E-state index < -0.39 is 0 Å². The number of benzene rings is 1. The van der Waals surface area contributed by atoms with E-state index in [-0.39, 0.29) is 5.78 Å². The number of carbonyl (C=O) groups is 1. The molecule has 78 valence electrons. The second-order valence-corrected chi connectivity index (χ2v) is 3.72. The average Bonchev–Trinajstić information content (AvgIpc) is 2.71. The first kappa shape index (κ1) is 10.1. The van der Waals surface area contributed by atoms with Gasteiger partial charge < -0.3 is 10.6 Å². The van der Waals surface area contributed by atoms with Gasteiger partial charge in [-0.15, -0.1) is 0 Å². The molecule has 0 aromatic heterocycles. The summed E-state index contributed by atoms with van der Waals surface area (Å²) in [7, 11) is 0. The van der Waals surface area contributed by atoms with E-state index in [1.54, 1.807) is 30.3 Å². The minimum Gasteiger partial charge on any atom is -0.370 e. The highest BCUT2D eigenvalue weighted by molar-refractivity contribution is 6.30. The minimum absolute atomic E-state index is 0.0245. The normalized spacial score (nSPS) is 14.3. The third-order valence-corrected chi connectivity index (χ3v) is 2.41. The molecule has 0 unspecified atom stereocenters. The van der Waals surface area contributed by atoms with Crippen molar-refractivity contribution in [3.63, 3.8) is 0 Å². The Labute approximate surface area is 93.1 Å². The van der Waals surface area contributed by atoms with Crippen LogP contribution in [0, 0.1) is 0 Å². The number of nitrogens with one attached hydrogen (secondary N) is 2. The SMILES string of the molecule is O=C(C=C1NCCN1)c1ccc(Cl)cc1. The van der Waals surface area contributed by atoms with Gasteiger partial charge in [0.25, 0.3) is 0 Å². The molecule has 0 aliphatic carbocycles. The second kappa shape index (κ2) is 4.36. The second-order valence-electron chi connectivity index (χ2n) is 3.28. The molecule has 4 heteroatoms. The zero-order valence-corrected chi connectivity index (χ0v) is 8.84. The number of ketones is 1. The van der Waals surface area contributed by atoms with E-state index in [4.69, 9.17) is 11.6 Å². The lowest BCUT2D eigenvalue weighted by Crippen LogP contribution is -2.12. The lowest BCUT2D eigenvalue weighted by molar-refractivity contribution is 0.104. The first-order chi connectivity index (χ1) is 7.25. The molecular weight excluding hydrogens is 212 g/mol.